The summed E-state index contributed by atoms with van der Waals surface area (Å²) in [6.45, 7) is 0. The molecule has 0 radical (unpaired) electrons. The van der Waals surface area contributed by atoms with Crippen LogP contribution in [0.2, 0.25) is 5.02 Å². The molecule has 0 fully saturated rings. The molecule has 0 bridgehead atoms. The molecule has 3 aromatic rings. The van der Waals surface area contributed by atoms with Gasteiger partial charge in [-0.05, 0) is 59.7 Å². The Hall–Kier alpha value is -3.42. The first-order chi connectivity index (χ1) is 15.8. The van der Waals surface area contributed by atoms with Crippen LogP contribution >= 0.6 is 27.5 Å². The Labute approximate surface area is 206 Å². The summed E-state index contributed by atoms with van der Waals surface area (Å²) < 4.78 is 0.761. The zero-order valence-electron chi connectivity index (χ0n) is 18.0. The van der Waals surface area contributed by atoms with E-state index in [9.17, 15) is 9.59 Å². The minimum atomic E-state index is -0.555. The zero-order chi connectivity index (χ0) is 23.8. The van der Waals surface area contributed by atoms with E-state index in [2.05, 4.69) is 31.8 Å². The first-order valence-electron chi connectivity index (χ1n) is 9.97. The smallest absolute Gasteiger partial charge is 0.287 e. The van der Waals surface area contributed by atoms with Crippen molar-refractivity contribution in [3.63, 3.8) is 0 Å². The lowest BCUT2D eigenvalue weighted by Crippen LogP contribution is -2.32. The fraction of sp³-hybridized carbons (Fsp3) is 0.0800. The minimum absolute atomic E-state index is 0.0610. The van der Waals surface area contributed by atoms with Gasteiger partial charge in [0.05, 0.1) is 6.21 Å². The maximum atomic E-state index is 12.9. The molecule has 2 amide bonds. The molecule has 0 heterocycles. The topological polar surface area (TPSA) is 73.8 Å². The highest BCUT2D eigenvalue weighted by atomic mass is 79.9. The lowest BCUT2D eigenvalue weighted by Gasteiger charge is -2.13. The van der Waals surface area contributed by atoms with Gasteiger partial charge >= 0.3 is 0 Å². The molecule has 0 saturated carbocycles. The fourth-order valence-corrected chi connectivity index (χ4v) is 3.32. The van der Waals surface area contributed by atoms with Crippen LogP contribution < -0.4 is 15.6 Å². The number of rotatable bonds is 7. The predicted octanol–water partition coefficient (Wildman–Crippen LogP) is 5.09. The van der Waals surface area contributed by atoms with E-state index in [4.69, 9.17) is 11.6 Å². The molecule has 3 rings (SSSR count). The molecule has 0 saturated heterocycles. The summed E-state index contributed by atoms with van der Waals surface area (Å²) in [5.74, 6) is -0.968. The maximum Gasteiger partial charge on any atom is 0.287 e. The summed E-state index contributed by atoms with van der Waals surface area (Å²) in [6.07, 6.45) is 3.09. The van der Waals surface area contributed by atoms with E-state index < -0.39 is 11.8 Å². The molecule has 0 unspecified atom stereocenters. The third kappa shape index (κ3) is 7.30. The monoisotopic (exact) mass is 524 g/mol. The second-order valence-corrected chi connectivity index (χ2v) is 8.61. The van der Waals surface area contributed by atoms with E-state index in [1.807, 2.05) is 49.3 Å². The van der Waals surface area contributed by atoms with Crippen molar-refractivity contribution in [2.24, 2.45) is 5.10 Å². The molecule has 0 aliphatic carbocycles. The Kier molecular flexibility index (Phi) is 8.40. The SMILES string of the molecule is CN(C)c1ccc(C=C(NC(=O)c2cccc(Br)c2)C(=O)NN=Cc2ccc(Cl)cc2)cc1. The number of nitrogens with one attached hydrogen (secondary N) is 2. The van der Waals surface area contributed by atoms with Gasteiger partial charge in [-0.25, -0.2) is 5.43 Å². The van der Waals surface area contributed by atoms with Crippen LogP contribution in [-0.4, -0.2) is 32.1 Å². The highest BCUT2D eigenvalue weighted by molar-refractivity contribution is 9.10. The van der Waals surface area contributed by atoms with Crippen molar-refractivity contribution in [1.82, 2.24) is 10.7 Å². The molecule has 0 atom stereocenters. The van der Waals surface area contributed by atoms with Crippen molar-refractivity contribution in [3.05, 3.63) is 105 Å². The minimum Gasteiger partial charge on any atom is -0.378 e. The number of benzene rings is 3. The van der Waals surface area contributed by atoms with Gasteiger partial charge in [-0.1, -0.05) is 57.9 Å². The Morgan fingerprint density at radius 2 is 1.64 bits per heavy atom. The van der Waals surface area contributed by atoms with Gasteiger partial charge in [0.1, 0.15) is 5.70 Å². The molecule has 33 heavy (non-hydrogen) atoms. The van der Waals surface area contributed by atoms with E-state index >= 15 is 0 Å². The summed E-state index contributed by atoms with van der Waals surface area (Å²) >= 11 is 9.24. The van der Waals surface area contributed by atoms with Crippen LogP contribution in [0, 0.1) is 0 Å². The molecule has 168 valence electrons. The van der Waals surface area contributed by atoms with Crippen molar-refractivity contribution in [3.8, 4) is 0 Å². The first kappa shape index (κ1) is 24.2. The van der Waals surface area contributed by atoms with Gasteiger partial charge in [-0.15, -0.1) is 0 Å². The summed E-state index contributed by atoms with van der Waals surface area (Å²) in [7, 11) is 3.89. The molecular formula is C25H22BrClN4O2. The van der Waals surface area contributed by atoms with Crippen LogP contribution in [0.4, 0.5) is 5.69 Å². The highest BCUT2D eigenvalue weighted by Gasteiger charge is 2.15. The lowest BCUT2D eigenvalue weighted by atomic mass is 10.1. The van der Waals surface area contributed by atoms with Crippen molar-refractivity contribution >= 4 is 57.3 Å². The second-order valence-electron chi connectivity index (χ2n) is 7.26. The number of amides is 2. The molecule has 6 nitrogen and oxygen atoms in total. The number of hydrogen-bond donors (Lipinski definition) is 2. The van der Waals surface area contributed by atoms with E-state index in [1.165, 1.54) is 6.21 Å². The molecule has 0 aliphatic heterocycles. The van der Waals surface area contributed by atoms with Gasteiger partial charge in [-0.2, -0.15) is 5.10 Å². The Balaban J connectivity index is 1.82. The van der Waals surface area contributed by atoms with Gasteiger partial charge < -0.3 is 10.2 Å². The average molecular weight is 526 g/mol. The lowest BCUT2D eigenvalue weighted by molar-refractivity contribution is -0.117. The van der Waals surface area contributed by atoms with Crippen molar-refractivity contribution in [1.29, 1.82) is 0 Å². The number of nitrogens with zero attached hydrogens (tertiary/aromatic N) is 2. The second kappa shape index (κ2) is 11.4. The van der Waals surface area contributed by atoms with Crippen LogP contribution in [-0.2, 0) is 4.79 Å². The largest absolute Gasteiger partial charge is 0.378 e. The van der Waals surface area contributed by atoms with Gasteiger partial charge in [0.15, 0.2) is 0 Å². The zero-order valence-corrected chi connectivity index (χ0v) is 20.4. The van der Waals surface area contributed by atoms with Crippen LogP contribution in [0.3, 0.4) is 0 Å². The summed E-state index contributed by atoms with van der Waals surface area (Å²) in [4.78, 5) is 27.6. The van der Waals surface area contributed by atoms with Crippen LogP contribution in [0.1, 0.15) is 21.5 Å². The quantitative estimate of drug-likeness (QED) is 0.256. The van der Waals surface area contributed by atoms with Gasteiger partial charge in [0.25, 0.3) is 11.8 Å². The number of halogens is 2. The number of anilines is 1. The molecule has 0 aromatic heterocycles. The van der Waals surface area contributed by atoms with Crippen LogP contribution in [0.25, 0.3) is 6.08 Å². The third-order valence-corrected chi connectivity index (χ3v) is 5.30. The average Bonchev–Trinajstić information content (AvgIpc) is 2.80. The number of carbonyl (C=O) groups is 2. The predicted molar refractivity (Wildman–Crippen MR) is 138 cm³/mol. The summed E-state index contributed by atoms with van der Waals surface area (Å²) in [5, 5.41) is 7.29. The fourth-order valence-electron chi connectivity index (χ4n) is 2.79. The van der Waals surface area contributed by atoms with Crippen LogP contribution in [0.15, 0.2) is 88.1 Å². The number of hydrazone groups is 1. The number of carbonyl (C=O) groups excluding carboxylic acids is 2. The normalized spacial score (nSPS) is 11.3. The van der Waals surface area contributed by atoms with Crippen LogP contribution in [0.5, 0.6) is 0 Å². The van der Waals surface area contributed by atoms with Gasteiger partial charge in [0, 0.05) is 34.8 Å². The Morgan fingerprint density at radius 1 is 0.970 bits per heavy atom. The molecule has 0 spiro atoms. The summed E-state index contributed by atoms with van der Waals surface area (Å²) in [5.41, 5.74) is 5.47. The van der Waals surface area contributed by atoms with E-state index in [0.717, 1.165) is 21.3 Å². The Morgan fingerprint density at radius 3 is 2.27 bits per heavy atom. The number of hydrogen-bond acceptors (Lipinski definition) is 4. The van der Waals surface area contributed by atoms with Gasteiger partial charge in [-0.3, -0.25) is 9.59 Å². The molecule has 2 N–H and O–H groups in total. The van der Waals surface area contributed by atoms with E-state index in [-0.39, 0.29) is 5.70 Å². The maximum absolute atomic E-state index is 12.9. The Bertz CT molecular complexity index is 1190. The van der Waals surface area contributed by atoms with Crippen molar-refractivity contribution < 1.29 is 9.59 Å². The first-order valence-corrected chi connectivity index (χ1v) is 11.1. The van der Waals surface area contributed by atoms with E-state index in [0.29, 0.717) is 10.6 Å². The highest BCUT2D eigenvalue weighted by Crippen LogP contribution is 2.16. The molecule has 3 aromatic carbocycles. The van der Waals surface area contributed by atoms with Crippen molar-refractivity contribution in [2.45, 2.75) is 0 Å². The van der Waals surface area contributed by atoms with Crippen molar-refractivity contribution in [2.75, 3.05) is 19.0 Å². The third-order valence-electron chi connectivity index (χ3n) is 4.55. The molecule has 8 heteroatoms. The molecular weight excluding hydrogens is 504 g/mol. The standard InChI is InChI=1S/C25H22BrClN4O2/c1-31(2)22-12-8-17(9-13-22)14-23(29-24(32)19-4-3-5-20(26)15-19)25(33)30-28-16-18-6-10-21(27)11-7-18/h3-16H,1-2H3,(H,29,32)(H,30,33). The van der Waals surface area contributed by atoms with E-state index in [1.54, 1.807) is 48.5 Å². The van der Waals surface area contributed by atoms with Gasteiger partial charge in [0.2, 0.25) is 0 Å². The summed E-state index contributed by atoms with van der Waals surface area (Å²) in [6, 6.07) is 21.5. The molecule has 0 aliphatic rings.